The van der Waals surface area contributed by atoms with Crippen molar-refractivity contribution in [2.24, 2.45) is 0 Å². The highest BCUT2D eigenvalue weighted by Gasteiger charge is 2.10. The van der Waals surface area contributed by atoms with Crippen LogP contribution in [0.15, 0.2) is 17.0 Å². The Morgan fingerprint density at radius 3 is 2.84 bits per heavy atom. The van der Waals surface area contributed by atoms with Gasteiger partial charge >= 0.3 is 0 Å². The molecule has 2 aromatic heterocycles. The molecule has 0 spiro atoms. The van der Waals surface area contributed by atoms with Crippen LogP contribution in [-0.4, -0.2) is 29.3 Å². The highest BCUT2D eigenvalue weighted by Crippen LogP contribution is 2.18. The Morgan fingerprint density at radius 2 is 2.21 bits per heavy atom. The van der Waals surface area contributed by atoms with Crippen LogP contribution in [0.25, 0.3) is 0 Å². The molecule has 1 unspecified atom stereocenters. The van der Waals surface area contributed by atoms with E-state index >= 15 is 0 Å². The number of anilines is 1. The van der Waals surface area contributed by atoms with Crippen molar-refractivity contribution < 1.29 is 4.74 Å². The first-order valence-corrected chi connectivity index (χ1v) is 7.35. The van der Waals surface area contributed by atoms with Crippen LogP contribution < -0.4 is 5.32 Å². The fourth-order valence-electron chi connectivity index (χ4n) is 2.03. The van der Waals surface area contributed by atoms with Crippen LogP contribution in [-0.2, 0) is 11.3 Å². The van der Waals surface area contributed by atoms with E-state index in [1.807, 2.05) is 6.92 Å². The number of rotatable bonds is 6. The van der Waals surface area contributed by atoms with Crippen molar-refractivity contribution in [3.8, 4) is 0 Å². The first-order chi connectivity index (χ1) is 9.10. The monoisotopic (exact) mass is 279 g/mol. The van der Waals surface area contributed by atoms with Crippen molar-refractivity contribution in [3.63, 3.8) is 0 Å². The summed E-state index contributed by atoms with van der Waals surface area (Å²) in [6.07, 6.45) is 2.08. The molecule has 104 valence electrons. The Labute approximate surface area is 118 Å². The van der Waals surface area contributed by atoms with Gasteiger partial charge in [-0.2, -0.15) is 11.3 Å². The van der Waals surface area contributed by atoms with Gasteiger partial charge in [-0.1, -0.05) is 0 Å². The lowest BCUT2D eigenvalue weighted by Crippen LogP contribution is -2.23. The lowest BCUT2D eigenvalue weighted by molar-refractivity contribution is 0.190. The maximum absolute atomic E-state index is 5.15. The first kappa shape index (κ1) is 14.1. The van der Waals surface area contributed by atoms with Crippen molar-refractivity contribution >= 4 is 17.3 Å². The number of aryl methyl sites for hydroxylation is 2. The smallest absolute Gasteiger partial charge is 0.203 e. The number of ether oxygens (including phenoxy) is 1. The summed E-state index contributed by atoms with van der Waals surface area (Å²) < 4.78 is 7.31. The van der Waals surface area contributed by atoms with Gasteiger partial charge in [0.2, 0.25) is 5.95 Å². The third-order valence-corrected chi connectivity index (χ3v) is 3.90. The summed E-state index contributed by atoms with van der Waals surface area (Å²) in [7, 11) is 1.71. The Bertz CT molecular complexity index is 533. The second kappa shape index (κ2) is 6.21. The molecule has 4 nitrogen and oxygen atoms in total. The highest BCUT2D eigenvalue weighted by molar-refractivity contribution is 7.08. The Kier molecular flexibility index (Phi) is 4.61. The van der Waals surface area contributed by atoms with Crippen LogP contribution in [0.3, 0.4) is 0 Å². The molecule has 0 bridgehead atoms. The van der Waals surface area contributed by atoms with E-state index < -0.39 is 0 Å². The molecule has 19 heavy (non-hydrogen) atoms. The van der Waals surface area contributed by atoms with Gasteiger partial charge in [0.1, 0.15) is 0 Å². The molecule has 0 fully saturated rings. The quantitative estimate of drug-likeness (QED) is 0.883. The predicted octanol–water partition coefficient (Wildman–Crippen LogP) is 3.06. The van der Waals surface area contributed by atoms with Gasteiger partial charge in [0.05, 0.1) is 18.8 Å². The highest BCUT2D eigenvalue weighted by atomic mass is 32.1. The van der Waals surface area contributed by atoms with Crippen molar-refractivity contribution in [1.29, 1.82) is 0 Å². The molecule has 0 aliphatic carbocycles. The average molecular weight is 279 g/mol. The number of nitrogens with one attached hydrogen (secondary N) is 1. The predicted molar refractivity (Wildman–Crippen MR) is 80.1 cm³/mol. The van der Waals surface area contributed by atoms with Crippen LogP contribution >= 0.6 is 11.3 Å². The Morgan fingerprint density at radius 1 is 1.42 bits per heavy atom. The number of nitrogens with zero attached hydrogens (tertiary/aromatic N) is 2. The minimum absolute atomic E-state index is 0.245. The van der Waals surface area contributed by atoms with Crippen molar-refractivity contribution in [2.75, 3.05) is 19.0 Å². The van der Waals surface area contributed by atoms with E-state index in [2.05, 4.69) is 45.7 Å². The lowest BCUT2D eigenvalue weighted by Gasteiger charge is -2.15. The van der Waals surface area contributed by atoms with E-state index in [1.54, 1.807) is 18.4 Å². The van der Waals surface area contributed by atoms with Gasteiger partial charge < -0.3 is 14.6 Å². The molecule has 5 heteroatoms. The van der Waals surface area contributed by atoms with E-state index in [9.17, 15) is 0 Å². The largest absolute Gasteiger partial charge is 0.383 e. The molecule has 0 aliphatic rings. The molecule has 1 atom stereocenters. The fourth-order valence-corrected chi connectivity index (χ4v) is 2.88. The SMILES string of the molecule is COCC(C)Nc1nc(C)cn1Cc1cscc1C. The van der Waals surface area contributed by atoms with E-state index in [0.717, 1.165) is 18.2 Å². The Hall–Kier alpha value is -1.33. The van der Waals surface area contributed by atoms with E-state index in [1.165, 1.54) is 11.1 Å². The third kappa shape index (κ3) is 3.58. The molecular weight excluding hydrogens is 258 g/mol. The van der Waals surface area contributed by atoms with E-state index in [0.29, 0.717) is 6.61 Å². The van der Waals surface area contributed by atoms with Gasteiger partial charge in [0.25, 0.3) is 0 Å². The normalized spacial score (nSPS) is 12.6. The summed E-state index contributed by atoms with van der Waals surface area (Å²) in [5.41, 5.74) is 3.72. The van der Waals surface area contributed by atoms with Crippen molar-refractivity contribution in [1.82, 2.24) is 9.55 Å². The molecule has 0 radical (unpaired) electrons. The molecule has 0 aliphatic heterocycles. The van der Waals surface area contributed by atoms with E-state index in [-0.39, 0.29) is 6.04 Å². The van der Waals surface area contributed by atoms with Crippen molar-refractivity contribution in [2.45, 2.75) is 33.4 Å². The summed E-state index contributed by atoms with van der Waals surface area (Å²) in [5, 5.41) is 7.78. The van der Waals surface area contributed by atoms with Crippen LogP contribution in [0.2, 0.25) is 0 Å². The minimum Gasteiger partial charge on any atom is -0.383 e. The van der Waals surface area contributed by atoms with Gasteiger partial charge in [0, 0.05) is 19.3 Å². The summed E-state index contributed by atoms with van der Waals surface area (Å²) in [6, 6.07) is 0.245. The van der Waals surface area contributed by atoms with Crippen LogP contribution in [0.5, 0.6) is 0 Å². The maximum Gasteiger partial charge on any atom is 0.203 e. The third-order valence-electron chi connectivity index (χ3n) is 2.99. The molecule has 0 amide bonds. The molecule has 2 rings (SSSR count). The molecule has 2 heterocycles. The molecule has 0 aromatic carbocycles. The number of thiophene rings is 1. The zero-order valence-corrected chi connectivity index (χ0v) is 12.8. The van der Waals surface area contributed by atoms with Crippen molar-refractivity contribution in [3.05, 3.63) is 33.8 Å². The second-order valence-corrected chi connectivity index (χ2v) is 5.66. The summed E-state index contributed by atoms with van der Waals surface area (Å²) in [6.45, 7) is 7.79. The van der Waals surface area contributed by atoms with Crippen LogP contribution in [0.4, 0.5) is 5.95 Å². The van der Waals surface area contributed by atoms with Crippen LogP contribution in [0.1, 0.15) is 23.7 Å². The van der Waals surface area contributed by atoms with Gasteiger partial charge in [-0.25, -0.2) is 4.98 Å². The van der Waals surface area contributed by atoms with Gasteiger partial charge in [-0.05, 0) is 42.7 Å². The van der Waals surface area contributed by atoms with Gasteiger partial charge in [-0.15, -0.1) is 0 Å². The van der Waals surface area contributed by atoms with Gasteiger partial charge in [0.15, 0.2) is 0 Å². The molecule has 0 saturated heterocycles. The van der Waals surface area contributed by atoms with E-state index in [4.69, 9.17) is 4.74 Å². The number of methoxy groups -OCH3 is 1. The molecule has 1 N–H and O–H groups in total. The molecular formula is C14H21N3OS. The summed E-state index contributed by atoms with van der Waals surface area (Å²) in [4.78, 5) is 4.54. The first-order valence-electron chi connectivity index (χ1n) is 6.41. The lowest BCUT2D eigenvalue weighted by atomic mass is 10.2. The zero-order valence-electron chi connectivity index (χ0n) is 11.9. The Balaban J connectivity index is 2.14. The molecule has 0 saturated carbocycles. The molecule has 2 aromatic rings. The maximum atomic E-state index is 5.15. The summed E-state index contributed by atoms with van der Waals surface area (Å²) >= 11 is 1.75. The number of imidazole rings is 1. The second-order valence-electron chi connectivity index (χ2n) is 4.91. The fraction of sp³-hybridized carbons (Fsp3) is 0.500. The average Bonchev–Trinajstić information content (AvgIpc) is 2.88. The number of hydrogen-bond donors (Lipinski definition) is 1. The standard InChI is InChI=1S/C14H21N3OS/c1-10-8-19-9-13(10)6-17-5-11(2)15-14(17)16-12(3)7-18-4/h5,8-9,12H,6-7H2,1-4H3,(H,15,16). The zero-order chi connectivity index (χ0) is 13.8. The number of hydrogen-bond acceptors (Lipinski definition) is 4. The number of aromatic nitrogens is 2. The minimum atomic E-state index is 0.245. The topological polar surface area (TPSA) is 39.1 Å². The summed E-state index contributed by atoms with van der Waals surface area (Å²) in [5.74, 6) is 0.910. The van der Waals surface area contributed by atoms with Crippen LogP contribution in [0, 0.1) is 13.8 Å². The van der Waals surface area contributed by atoms with Gasteiger partial charge in [-0.3, -0.25) is 0 Å².